The summed E-state index contributed by atoms with van der Waals surface area (Å²) < 4.78 is 1.01. The van der Waals surface area contributed by atoms with Crippen LogP contribution in [0.1, 0.15) is 5.56 Å². The predicted octanol–water partition coefficient (Wildman–Crippen LogP) is 2.88. The third-order valence-electron chi connectivity index (χ3n) is 3.08. The van der Waals surface area contributed by atoms with E-state index < -0.39 is 0 Å². The van der Waals surface area contributed by atoms with Gasteiger partial charge in [0.15, 0.2) is 0 Å². The maximum absolute atomic E-state index is 12.0. The highest BCUT2D eigenvalue weighted by molar-refractivity contribution is 9.10. The van der Waals surface area contributed by atoms with E-state index in [1.807, 2.05) is 24.3 Å². The van der Waals surface area contributed by atoms with Crippen molar-refractivity contribution in [2.45, 2.75) is 6.54 Å². The van der Waals surface area contributed by atoms with Gasteiger partial charge in [0.1, 0.15) is 0 Å². The van der Waals surface area contributed by atoms with Gasteiger partial charge in [-0.25, -0.2) is 4.98 Å². The second-order valence-corrected chi connectivity index (χ2v) is 5.59. The minimum atomic E-state index is -0.205. The quantitative estimate of drug-likeness (QED) is 0.638. The zero-order chi connectivity index (χ0) is 14.8. The highest BCUT2D eigenvalue weighted by atomic mass is 79.9. The van der Waals surface area contributed by atoms with Gasteiger partial charge in [0.25, 0.3) is 5.56 Å². The number of benzene rings is 2. The van der Waals surface area contributed by atoms with Crippen LogP contribution in [0.4, 0.5) is 11.6 Å². The first kappa shape index (κ1) is 13.6. The summed E-state index contributed by atoms with van der Waals surface area (Å²) in [5.74, 6) is 0.442. The van der Waals surface area contributed by atoms with E-state index >= 15 is 0 Å². The summed E-state index contributed by atoms with van der Waals surface area (Å²) in [6, 6.07) is 13.0. The van der Waals surface area contributed by atoms with E-state index in [2.05, 4.69) is 31.2 Å². The molecule has 0 unspecified atom stereocenters. The topological polar surface area (TPSA) is 83.8 Å². The molecule has 0 fully saturated rings. The number of nitrogens with zero attached hydrogens (tertiary/aromatic N) is 1. The molecule has 1 aromatic heterocycles. The molecule has 0 saturated heterocycles. The number of fused-ring (bicyclic) bond motifs is 1. The zero-order valence-corrected chi connectivity index (χ0v) is 12.6. The summed E-state index contributed by atoms with van der Waals surface area (Å²) in [6.07, 6.45) is 0. The SMILES string of the molecule is Nc1ccc2nc(NCc3cccc(Br)c3)[nH]c(=O)c2c1. The van der Waals surface area contributed by atoms with E-state index in [1.54, 1.807) is 18.2 Å². The van der Waals surface area contributed by atoms with Crippen LogP contribution in [0, 0.1) is 0 Å². The average Bonchev–Trinajstić information content (AvgIpc) is 2.46. The van der Waals surface area contributed by atoms with Crippen LogP contribution in [-0.4, -0.2) is 9.97 Å². The Morgan fingerprint density at radius 2 is 2.10 bits per heavy atom. The number of H-pyrrole nitrogens is 1. The molecule has 5 nitrogen and oxygen atoms in total. The molecule has 0 amide bonds. The van der Waals surface area contributed by atoms with Gasteiger partial charge in [-0.15, -0.1) is 0 Å². The Labute approximate surface area is 129 Å². The summed E-state index contributed by atoms with van der Waals surface area (Å²) in [7, 11) is 0. The molecule has 6 heteroatoms. The van der Waals surface area contributed by atoms with Gasteiger partial charge in [0, 0.05) is 16.7 Å². The fourth-order valence-corrected chi connectivity index (χ4v) is 2.52. The van der Waals surface area contributed by atoms with Gasteiger partial charge in [-0.3, -0.25) is 9.78 Å². The molecule has 3 rings (SSSR count). The molecule has 0 radical (unpaired) electrons. The fourth-order valence-electron chi connectivity index (χ4n) is 2.07. The minimum Gasteiger partial charge on any atom is -0.399 e. The van der Waals surface area contributed by atoms with Crippen molar-refractivity contribution in [2.24, 2.45) is 0 Å². The lowest BCUT2D eigenvalue weighted by Gasteiger charge is -2.07. The number of rotatable bonds is 3. The maximum Gasteiger partial charge on any atom is 0.260 e. The Morgan fingerprint density at radius 3 is 2.90 bits per heavy atom. The summed E-state index contributed by atoms with van der Waals surface area (Å²) in [5, 5.41) is 3.61. The van der Waals surface area contributed by atoms with Crippen LogP contribution in [0.15, 0.2) is 51.7 Å². The Balaban J connectivity index is 1.88. The molecule has 0 aliphatic heterocycles. The van der Waals surface area contributed by atoms with Gasteiger partial charge in [-0.2, -0.15) is 0 Å². The number of aromatic nitrogens is 2. The molecule has 4 N–H and O–H groups in total. The molecule has 0 atom stereocenters. The highest BCUT2D eigenvalue weighted by Crippen LogP contribution is 2.14. The number of halogens is 1. The minimum absolute atomic E-state index is 0.205. The van der Waals surface area contributed by atoms with Gasteiger partial charge in [-0.1, -0.05) is 28.1 Å². The molecule has 0 saturated carbocycles. The van der Waals surface area contributed by atoms with Crippen molar-refractivity contribution in [3.63, 3.8) is 0 Å². The number of hydrogen-bond donors (Lipinski definition) is 3. The zero-order valence-electron chi connectivity index (χ0n) is 11.1. The van der Waals surface area contributed by atoms with Crippen LogP contribution in [0.5, 0.6) is 0 Å². The molecule has 0 spiro atoms. The third-order valence-corrected chi connectivity index (χ3v) is 3.57. The van der Waals surface area contributed by atoms with Crippen LogP contribution in [0.2, 0.25) is 0 Å². The maximum atomic E-state index is 12.0. The van der Waals surface area contributed by atoms with Gasteiger partial charge in [-0.05, 0) is 35.9 Å². The molecule has 1 heterocycles. The Bertz CT molecular complexity index is 860. The molecule has 0 bridgehead atoms. The summed E-state index contributed by atoms with van der Waals surface area (Å²) >= 11 is 3.43. The smallest absolute Gasteiger partial charge is 0.260 e. The van der Waals surface area contributed by atoms with E-state index in [0.29, 0.717) is 29.1 Å². The van der Waals surface area contributed by atoms with Gasteiger partial charge in [0.2, 0.25) is 5.95 Å². The van der Waals surface area contributed by atoms with Crippen molar-refractivity contribution in [3.05, 3.63) is 62.9 Å². The van der Waals surface area contributed by atoms with Gasteiger partial charge < -0.3 is 11.1 Å². The van der Waals surface area contributed by atoms with E-state index in [0.717, 1.165) is 10.0 Å². The molecule has 21 heavy (non-hydrogen) atoms. The first-order valence-corrected chi connectivity index (χ1v) is 7.19. The summed E-state index contributed by atoms with van der Waals surface area (Å²) in [5.41, 5.74) is 7.72. The van der Waals surface area contributed by atoms with Crippen LogP contribution in [0.3, 0.4) is 0 Å². The van der Waals surface area contributed by atoms with Crippen molar-refractivity contribution in [1.82, 2.24) is 9.97 Å². The molecule has 2 aromatic carbocycles. The average molecular weight is 345 g/mol. The molecule has 0 aliphatic carbocycles. The number of nitrogen functional groups attached to an aromatic ring is 1. The number of nitrogens with two attached hydrogens (primary N) is 1. The van der Waals surface area contributed by atoms with Crippen molar-refractivity contribution in [2.75, 3.05) is 11.1 Å². The number of nitrogens with one attached hydrogen (secondary N) is 2. The van der Waals surface area contributed by atoms with E-state index in [9.17, 15) is 4.79 Å². The van der Waals surface area contributed by atoms with Crippen molar-refractivity contribution < 1.29 is 0 Å². The van der Waals surface area contributed by atoms with Crippen LogP contribution >= 0.6 is 15.9 Å². The fraction of sp³-hybridized carbons (Fsp3) is 0.0667. The monoisotopic (exact) mass is 344 g/mol. The van der Waals surface area contributed by atoms with Gasteiger partial charge >= 0.3 is 0 Å². The second kappa shape index (κ2) is 5.57. The Hall–Kier alpha value is -2.34. The van der Waals surface area contributed by atoms with Gasteiger partial charge in [0.05, 0.1) is 10.9 Å². The third kappa shape index (κ3) is 3.05. The van der Waals surface area contributed by atoms with Crippen molar-refractivity contribution in [3.8, 4) is 0 Å². The second-order valence-electron chi connectivity index (χ2n) is 4.67. The predicted molar refractivity (Wildman–Crippen MR) is 88.2 cm³/mol. The lowest BCUT2D eigenvalue weighted by molar-refractivity contribution is 1.06. The van der Waals surface area contributed by atoms with Crippen LogP contribution < -0.4 is 16.6 Å². The standard InChI is InChI=1S/C15H13BrN4O/c16-10-3-1-2-9(6-10)8-18-15-19-13-5-4-11(17)7-12(13)14(21)20-15/h1-7H,8,17H2,(H2,18,19,20,21). The van der Waals surface area contributed by atoms with E-state index in [-0.39, 0.29) is 5.56 Å². The van der Waals surface area contributed by atoms with E-state index in [1.165, 1.54) is 0 Å². The summed E-state index contributed by atoms with van der Waals surface area (Å²) in [4.78, 5) is 19.1. The highest BCUT2D eigenvalue weighted by Gasteiger charge is 2.04. The molecular formula is C15H13BrN4O. The Kier molecular flexibility index (Phi) is 3.62. The molecule has 0 aliphatic rings. The first-order chi connectivity index (χ1) is 10.1. The van der Waals surface area contributed by atoms with Crippen LogP contribution in [-0.2, 0) is 6.54 Å². The number of hydrogen-bond acceptors (Lipinski definition) is 4. The summed E-state index contributed by atoms with van der Waals surface area (Å²) in [6.45, 7) is 0.572. The van der Waals surface area contributed by atoms with Crippen LogP contribution in [0.25, 0.3) is 10.9 Å². The number of anilines is 2. The molecular weight excluding hydrogens is 332 g/mol. The lowest BCUT2D eigenvalue weighted by Crippen LogP contribution is -2.13. The van der Waals surface area contributed by atoms with Crippen molar-refractivity contribution >= 4 is 38.5 Å². The number of aromatic amines is 1. The Morgan fingerprint density at radius 1 is 1.24 bits per heavy atom. The normalized spacial score (nSPS) is 10.7. The first-order valence-electron chi connectivity index (χ1n) is 6.40. The molecule has 106 valence electrons. The molecule has 3 aromatic rings. The largest absolute Gasteiger partial charge is 0.399 e. The lowest BCUT2D eigenvalue weighted by atomic mass is 10.2. The van der Waals surface area contributed by atoms with Crippen molar-refractivity contribution in [1.29, 1.82) is 0 Å². The van der Waals surface area contributed by atoms with E-state index in [4.69, 9.17) is 5.73 Å².